The fourth-order valence-corrected chi connectivity index (χ4v) is 4.92. The molecule has 1 amide bonds. The Bertz CT molecular complexity index is 927. The molecule has 0 bridgehead atoms. The highest BCUT2D eigenvalue weighted by molar-refractivity contribution is 9.11. The van der Waals surface area contributed by atoms with Crippen LogP contribution in [0, 0.1) is 0 Å². The number of likely N-dealkylation sites (N-methyl/N-ethyl adjacent to an activating group) is 1. The molecule has 3 rings (SSSR count). The van der Waals surface area contributed by atoms with E-state index in [9.17, 15) is 4.79 Å². The van der Waals surface area contributed by atoms with Gasteiger partial charge in [-0.25, -0.2) is 0 Å². The van der Waals surface area contributed by atoms with E-state index in [4.69, 9.17) is 4.74 Å². The average Bonchev–Trinajstić information content (AvgIpc) is 2.97. The number of hydrogen-bond acceptors (Lipinski definition) is 4. The van der Waals surface area contributed by atoms with Gasteiger partial charge in [-0.05, 0) is 61.5 Å². The van der Waals surface area contributed by atoms with Gasteiger partial charge in [0.2, 0.25) is 0 Å². The predicted octanol–water partition coefficient (Wildman–Crippen LogP) is 6.10. The average molecular weight is 524 g/mol. The Kier molecular flexibility index (Phi) is 7.37. The van der Waals surface area contributed by atoms with Crippen molar-refractivity contribution in [1.29, 1.82) is 0 Å². The molecule has 2 aromatic rings. The summed E-state index contributed by atoms with van der Waals surface area (Å²) in [5.41, 5.74) is 2.03. The molecule has 1 fully saturated rings. The molecule has 28 heavy (non-hydrogen) atoms. The van der Waals surface area contributed by atoms with Crippen LogP contribution in [0.4, 0.5) is 0 Å². The van der Waals surface area contributed by atoms with E-state index in [0.717, 1.165) is 31.0 Å². The molecule has 1 saturated heterocycles. The van der Waals surface area contributed by atoms with Crippen molar-refractivity contribution in [2.45, 2.75) is 20.5 Å². The Labute approximate surface area is 186 Å². The van der Waals surface area contributed by atoms with Gasteiger partial charge in [0.05, 0.1) is 4.91 Å². The third-order valence-corrected chi connectivity index (χ3v) is 6.36. The Balaban J connectivity index is 1.68. The number of ether oxygens (including phenoxy) is 1. The summed E-state index contributed by atoms with van der Waals surface area (Å²) in [4.78, 5) is 19.4. The van der Waals surface area contributed by atoms with Crippen molar-refractivity contribution in [3.63, 3.8) is 0 Å². The van der Waals surface area contributed by atoms with Gasteiger partial charge in [-0.15, -0.1) is 0 Å². The maximum Gasteiger partial charge on any atom is 0.266 e. The molecule has 0 unspecified atom stereocenters. The number of rotatable bonds is 6. The van der Waals surface area contributed by atoms with Gasteiger partial charge < -0.3 is 4.74 Å². The second kappa shape index (κ2) is 9.76. The maximum absolute atomic E-state index is 12.5. The molecule has 1 aliphatic rings. The topological polar surface area (TPSA) is 41.9 Å². The van der Waals surface area contributed by atoms with Crippen LogP contribution in [0.25, 0.3) is 6.08 Å². The molecule has 1 heterocycles. The molecule has 0 saturated carbocycles. The van der Waals surface area contributed by atoms with E-state index in [1.807, 2.05) is 62.4 Å². The fraction of sp³-hybridized carbons (Fsp3) is 0.238. The molecule has 0 aliphatic carbocycles. The predicted molar refractivity (Wildman–Crippen MR) is 124 cm³/mol. The van der Waals surface area contributed by atoms with Gasteiger partial charge in [0.15, 0.2) is 5.17 Å². The third-order valence-electron chi connectivity index (χ3n) is 4.08. The Morgan fingerprint density at radius 1 is 1.14 bits per heavy atom. The van der Waals surface area contributed by atoms with Crippen LogP contribution in [0.3, 0.4) is 0 Å². The van der Waals surface area contributed by atoms with Gasteiger partial charge in [-0.2, -0.15) is 0 Å². The van der Waals surface area contributed by atoms with Crippen LogP contribution in [0.5, 0.6) is 5.75 Å². The summed E-state index contributed by atoms with van der Waals surface area (Å²) in [5.74, 6) is 0.797. The number of halogens is 2. The van der Waals surface area contributed by atoms with E-state index in [1.165, 1.54) is 11.8 Å². The smallest absolute Gasteiger partial charge is 0.266 e. The lowest BCUT2D eigenvalue weighted by Crippen LogP contribution is -2.28. The standard InChI is InChI=1S/C21H20Br2N2O2S/c1-3-24-21-25(4-2)20(26)19(28-21)11-14-5-9-17(10-6-14)27-13-15-7-8-16(22)12-18(15)23/h5-12H,3-4,13H2,1-2H3/b19-11-,24-21?. The molecule has 146 valence electrons. The van der Waals surface area contributed by atoms with E-state index in [2.05, 4.69) is 36.9 Å². The summed E-state index contributed by atoms with van der Waals surface area (Å²) < 4.78 is 7.90. The van der Waals surface area contributed by atoms with Crippen LogP contribution in [-0.4, -0.2) is 29.1 Å². The number of amidine groups is 1. The highest BCUT2D eigenvalue weighted by Gasteiger charge is 2.31. The summed E-state index contributed by atoms with van der Waals surface area (Å²) in [6.07, 6.45) is 1.91. The van der Waals surface area contributed by atoms with E-state index < -0.39 is 0 Å². The van der Waals surface area contributed by atoms with Gasteiger partial charge in [0.25, 0.3) is 5.91 Å². The highest BCUT2D eigenvalue weighted by atomic mass is 79.9. The Morgan fingerprint density at radius 3 is 2.54 bits per heavy atom. The molecule has 0 N–H and O–H groups in total. The van der Waals surface area contributed by atoms with Gasteiger partial charge in [0, 0.05) is 27.6 Å². The summed E-state index contributed by atoms with van der Waals surface area (Å²) in [6.45, 7) is 5.70. The number of aliphatic imine (C=N–C) groups is 1. The van der Waals surface area contributed by atoms with Crippen LogP contribution in [0.15, 0.2) is 61.3 Å². The second-order valence-electron chi connectivity index (χ2n) is 6.01. The van der Waals surface area contributed by atoms with Crippen LogP contribution in [0.1, 0.15) is 25.0 Å². The second-order valence-corrected chi connectivity index (χ2v) is 8.79. The van der Waals surface area contributed by atoms with Crippen LogP contribution in [0.2, 0.25) is 0 Å². The Morgan fingerprint density at radius 2 is 1.89 bits per heavy atom. The molecule has 0 aromatic heterocycles. The van der Waals surface area contributed by atoms with E-state index in [0.29, 0.717) is 24.6 Å². The van der Waals surface area contributed by atoms with E-state index in [-0.39, 0.29) is 5.91 Å². The number of hydrogen-bond donors (Lipinski definition) is 0. The van der Waals surface area contributed by atoms with E-state index in [1.54, 1.807) is 4.90 Å². The van der Waals surface area contributed by atoms with Crippen LogP contribution >= 0.6 is 43.6 Å². The van der Waals surface area contributed by atoms with E-state index >= 15 is 0 Å². The maximum atomic E-state index is 12.5. The number of benzene rings is 2. The molecule has 0 spiro atoms. The lowest BCUT2D eigenvalue weighted by Gasteiger charge is -2.11. The minimum absolute atomic E-state index is 0.0140. The normalized spacial score (nSPS) is 17.0. The number of nitrogens with zero attached hydrogens (tertiary/aromatic N) is 2. The first-order valence-corrected chi connectivity index (χ1v) is 11.3. The number of amides is 1. The minimum atomic E-state index is 0.0140. The number of thioether (sulfide) groups is 1. The van der Waals surface area contributed by atoms with Crippen molar-refractivity contribution in [3.05, 3.63) is 67.4 Å². The number of carbonyl (C=O) groups is 1. The Hall–Kier alpha value is -1.57. The zero-order chi connectivity index (χ0) is 20.1. The largest absolute Gasteiger partial charge is 0.489 e. The monoisotopic (exact) mass is 522 g/mol. The fourth-order valence-electron chi connectivity index (χ4n) is 2.65. The minimum Gasteiger partial charge on any atom is -0.489 e. The van der Waals surface area contributed by atoms with Gasteiger partial charge in [-0.1, -0.05) is 50.1 Å². The number of carbonyl (C=O) groups excluding carboxylic acids is 1. The summed E-state index contributed by atoms with van der Waals surface area (Å²) >= 11 is 8.43. The van der Waals surface area contributed by atoms with Gasteiger partial charge >= 0.3 is 0 Å². The first kappa shape index (κ1) is 21.1. The molecule has 2 aromatic carbocycles. The summed E-state index contributed by atoms with van der Waals surface area (Å²) in [7, 11) is 0. The summed E-state index contributed by atoms with van der Waals surface area (Å²) in [5, 5.41) is 0.779. The first-order valence-electron chi connectivity index (χ1n) is 8.94. The molecular weight excluding hydrogens is 504 g/mol. The van der Waals surface area contributed by atoms with Gasteiger partial charge in [0.1, 0.15) is 12.4 Å². The van der Waals surface area contributed by atoms with Gasteiger partial charge in [-0.3, -0.25) is 14.7 Å². The molecule has 0 radical (unpaired) electrons. The van der Waals surface area contributed by atoms with Crippen molar-refractivity contribution in [1.82, 2.24) is 4.90 Å². The SMILES string of the molecule is CCN=C1S/C(=C\c2ccc(OCc3ccc(Br)cc3Br)cc2)C(=O)N1CC. The summed E-state index contributed by atoms with van der Waals surface area (Å²) in [6, 6.07) is 13.8. The highest BCUT2D eigenvalue weighted by Crippen LogP contribution is 2.32. The molecule has 1 aliphatic heterocycles. The molecule has 7 heteroatoms. The third kappa shape index (κ3) is 5.07. The molecule has 4 nitrogen and oxygen atoms in total. The van der Waals surface area contributed by atoms with Crippen molar-refractivity contribution < 1.29 is 9.53 Å². The molecule has 0 atom stereocenters. The van der Waals surface area contributed by atoms with Crippen LogP contribution < -0.4 is 4.74 Å². The lowest BCUT2D eigenvalue weighted by atomic mass is 10.2. The van der Waals surface area contributed by atoms with Crippen molar-refractivity contribution in [2.24, 2.45) is 4.99 Å². The quantitative estimate of drug-likeness (QED) is 0.429. The zero-order valence-electron chi connectivity index (χ0n) is 15.6. The zero-order valence-corrected chi connectivity index (χ0v) is 19.6. The lowest BCUT2D eigenvalue weighted by molar-refractivity contribution is -0.122. The van der Waals surface area contributed by atoms with Crippen molar-refractivity contribution >= 4 is 60.8 Å². The first-order chi connectivity index (χ1) is 13.5. The molecular formula is C21H20Br2N2O2S. The van der Waals surface area contributed by atoms with Crippen LogP contribution in [-0.2, 0) is 11.4 Å². The van der Waals surface area contributed by atoms with Crippen molar-refractivity contribution in [3.8, 4) is 5.75 Å². The van der Waals surface area contributed by atoms with Crippen molar-refractivity contribution in [2.75, 3.05) is 13.1 Å².